The molecule has 1 aromatic carbocycles. The zero-order valence-electron chi connectivity index (χ0n) is 13.7. The predicted molar refractivity (Wildman–Crippen MR) is 90.6 cm³/mol. The summed E-state index contributed by atoms with van der Waals surface area (Å²) in [6.07, 6.45) is 4.34. The first kappa shape index (κ1) is 15.8. The monoisotopic (exact) mass is 285 g/mol. The van der Waals surface area contributed by atoms with Gasteiger partial charge < -0.3 is 9.88 Å². The fourth-order valence-corrected chi connectivity index (χ4v) is 2.63. The molecular weight excluding hydrogens is 258 g/mol. The average Bonchev–Trinajstić information content (AvgIpc) is 2.80. The summed E-state index contributed by atoms with van der Waals surface area (Å²) in [4.78, 5) is 4.79. The molecule has 0 spiro atoms. The molecule has 0 atom stereocenters. The van der Waals surface area contributed by atoms with Crippen LogP contribution in [0.5, 0.6) is 0 Å². The van der Waals surface area contributed by atoms with Gasteiger partial charge in [-0.05, 0) is 38.9 Å². The zero-order chi connectivity index (χ0) is 15.2. The lowest BCUT2D eigenvalue weighted by atomic mass is 10.1. The van der Waals surface area contributed by atoms with Crippen LogP contribution in [0.15, 0.2) is 35.9 Å². The van der Waals surface area contributed by atoms with Crippen LogP contribution in [-0.2, 0) is 13.0 Å². The fourth-order valence-electron chi connectivity index (χ4n) is 2.63. The molecule has 1 N–H and O–H groups in total. The number of fused-ring (bicyclic) bond motifs is 1. The lowest BCUT2D eigenvalue weighted by Gasteiger charge is -2.08. The third-order valence-corrected chi connectivity index (χ3v) is 3.68. The number of benzene rings is 1. The average molecular weight is 285 g/mol. The van der Waals surface area contributed by atoms with Crippen LogP contribution in [0.25, 0.3) is 11.0 Å². The number of rotatable bonds is 7. The Morgan fingerprint density at radius 3 is 2.81 bits per heavy atom. The number of nitrogens with zero attached hydrogens (tertiary/aromatic N) is 2. The molecule has 3 heteroatoms. The number of aromatic nitrogens is 2. The summed E-state index contributed by atoms with van der Waals surface area (Å²) in [5, 5.41) is 3.44. The Morgan fingerprint density at radius 1 is 1.33 bits per heavy atom. The summed E-state index contributed by atoms with van der Waals surface area (Å²) in [6.45, 7) is 10.8. The van der Waals surface area contributed by atoms with Crippen molar-refractivity contribution in [2.24, 2.45) is 0 Å². The van der Waals surface area contributed by atoms with Gasteiger partial charge in [-0.3, -0.25) is 0 Å². The molecule has 0 aliphatic heterocycles. The summed E-state index contributed by atoms with van der Waals surface area (Å²) >= 11 is 0. The second-order valence-corrected chi connectivity index (χ2v) is 5.89. The van der Waals surface area contributed by atoms with Gasteiger partial charge in [0.15, 0.2) is 0 Å². The maximum atomic E-state index is 4.79. The van der Waals surface area contributed by atoms with Crippen LogP contribution >= 0.6 is 0 Å². The number of hydrogen-bond donors (Lipinski definition) is 1. The third kappa shape index (κ3) is 4.18. The Morgan fingerprint density at radius 2 is 2.10 bits per heavy atom. The van der Waals surface area contributed by atoms with E-state index in [0.717, 1.165) is 31.4 Å². The van der Waals surface area contributed by atoms with E-state index in [0.29, 0.717) is 6.04 Å². The van der Waals surface area contributed by atoms with Gasteiger partial charge in [0.1, 0.15) is 5.82 Å². The Hall–Kier alpha value is -1.61. The molecule has 0 saturated heterocycles. The Labute approximate surface area is 128 Å². The molecule has 3 nitrogen and oxygen atoms in total. The van der Waals surface area contributed by atoms with Gasteiger partial charge in [0.2, 0.25) is 0 Å². The highest BCUT2D eigenvalue weighted by Gasteiger charge is 2.08. The Balaban J connectivity index is 2.06. The van der Waals surface area contributed by atoms with E-state index in [2.05, 4.69) is 67.9 Å². The topological polar surface area (TPSA) is 29.9 Å². The summed E-state index contributed by atoms with van der Waals surface area (Å²) in [5.41, 5.74) is 3.73. The van der Waals surface area contributed by atoms with E-state index in [1.807, 2.05) is 0 Å². The highest BCUT2D eigenvalue weighted by molar-refractivity contribution is 5.75. The van der Waals surface area contributed by atoms with Crippen LogP contribution in [-0.4, -0.2) is 22.1 Å². The number of nitrogens with one attached hydrogen (secondary N) is 1. The molecule has 0 amide bonds. The summed E-state index contributed by atoms with van der Waals surface area (Å²) in [5.74, 6) is 1.17. The molecule has 1 heterocycles. The van der Waals surface area contributed by atoms with Crippen molar-refractivity contribution in [3.05, 3.63) is 41.7 Å². The smallest absolute Gasteiger partial charge is 0.113 e. The molecule has 0 bridgehead atoms. The van der Waals surface area contributed by atoms with Crippen molar-refractivity contribution < 1.29 is 0 Å². The number of hydrogen-bond acceptors (Lipinski definition) is 2. The Bertz CT molecular complexity index is 608. The van der Waals surface area contributed by atoms with Gasteiger partial charge in [-0.25, -0.2) is 4.98 Å². The lowest BCUT2D eigenvalue weighted by Crippen LogP contribution is -2.23. The standard InChI is InChI=1S/C18H27N3/c1-5-21-17-11-7-6-10-16(17)20-18(21)13-15(4)9-8-12-19-14(2)3/h6-7,9-11,14,19H,5,8,12-13H2,1-4H3. The minimum Gasteiger partial charge on any atom is -0.328 e. The van der Waals surface area contributed by atoms with E-state index in [1.54, 1.807) is 0 Å². The predicted octanol–water partition coefficient (Wildman–Crippen LogP) is 3.93. The Kier molecular flexibility index (Phi) is 5.57. The zero-order valence-corrected chi connectivity index (χ0v) is 13.7. The van der Waals surface area contributed by atoms with Crippen molar-refractivity contribution in [2.45, 2.75) is 53.1 Å². The summed E-state index contributed by atoms with van der Waals surface area (Å²) in [6, 6.07) is 8.94. The highest BCUT2D eigenvalue weighted by atomic mass is 15.1. The van der Waals surface area contributed by atoms with Crippen molar-refractivity contribution in [1.29, 1.82) is 0 Å². The molecule has 2 rings (SSSR count). The number of aryl methyl sites for hydroxylation is 1. The number of imidazole rings is 1. The molecule has 2 aromatic rings. The molecule has 0 fully saturated rings. The first-order chi connectivity index (χ1) is 10.1. The van der Waals surface area contributed by atoms with Gasteiger partial charge in [-0.1, -0.05) is 37.6 Å². The van der Waals surface area contributed by atoms with Gasteiger partial charge >= 0.3 is 0 Å². The van der Waals surface area contributed by atoms with Gasteiger partial charge in [-0.15, -0.1) is 0 Å². The van der Waals surface area contributed by atoms with E-state index in [4.69, 9.17) is 4.98 Å². The van der Waals surface area contributed by atoms with Crippen molar-refractivity contribution in [1.82, 2.24) is 14.9 Å². The van der Waals surface area contributed by atoms with Crippen LogP contribution in [0.1, 0.15) is 39.9 Å². The van der Waals surface area contributed by atoms with Crippen LogP contribution < -0.4 is 5.32 Å². The summed E-state index contributed by atoms with van der Waals surface area (Å²) < 4.78 is 2.32. The van der Waals surface area contributed by atoms with Crippen molar-refractivity contribution in [3.63, 3.8) is 0 Å². The number of para-hydroxylation sites is 2. The first-order valence-electron chi connectivity index (χ1n) is 7.95. The lowest BCUT2D eigenvalue weighted by molar-refractivity contribution is 0.594. The second-order valence-electron chi connectivity index (χ2n) is 5.89. The molecular formula is C18H27N3. The van der Waals surface area contributed by atoms with Crippen molar-refractivity contribution >= 4 is 11.0 Å². The normalized spacial score (nSPS) is 12.5. The molecule has 0 radical (unpaired) electrons. The van der Waals surface area contributed by atoms with Crippen LogP contribution in [0, 0.1) is 0 Å². The quantitative estimate of drug-likeness (QED) is 0.617. The van der Waals surface area contributed by atoms with Gasteiger partial charge in [0, 0.05) is 19.0 Å². The number of allylic oxidation sites excluding steroid dienone is 1. The largest absolute Gasteiger partial charge is 0.328 e. The minimum atomic E-state index is 0.558. The third-order valence-electron chi connectivity index (χ3n) is 3.68. The fraction of sp³-hybridized carbons (Fsp3) is 0.500. The maximum absolute atomic E-state index is 4.79. The van der Waals surface area contributed by atoms with Crippen molar-refractivity contribution in [3.8, 4) is 0 Å². The van der Waals surface area contributed by atoms with Gasteiger partial charge in [-0.2, -0.15) is 0 Å². The van der Waals surface area contributed by atoms with Gasteiger partial charge in [0.25, 0.3) is 0 Å². The van der Waals surface area contributed by atoms with E-state index in [-0.39, 0.29) is 0 Å². The van der Waals surface area contributed by atoms with Crippen molar-refractivity contribution in [2.75, 3.05) is 6.54 Å². The molecule has 1 aromatic heterocycles. The minimum absolute atomic E-state index is 0.558. The van der Waals surface area contributed by atoms with Crippen LogP contribution in [0.2, 0.25) is 0 Å². The molecule has 21 heavy (non-hydrogen) atoms. The van der Waals surface area contributed by atoms with E-state index >= 15 is 0 Å². The highest BCUT2D eigenvalue weighted by Crippen LogP contribution is 2.18. The molecule has 0 aliphatic carbocycles. The van der Waals surface area contributed by atoms with Crippen LogP contribution in [0.4, 0.5) is 0 Å². The molecule has 114 valence electrons. The molecule has 0 saturated carbocycles. The van der Waals surface area contributed by atoms with Crippen LogP contribution in [0.3, 0.4) is 0 Å². The molecule has 0 aliphatic rings. The van der Waals surface area contributed by atoms with Gasteiger partial charge in [0.05, 0.1) is 11.0 Å². The van der Waals surface area contributed by atoms with E-state index in [1.165, 1.54) is 16.9 Å². The van der Waals surface area contributed by atoms with E-state index < -0.39 is 0 Å². The second kappa shape index (κ2) is 7.41. The maximum Gasteiger partial charge on any atom is 0.113 e. The summed E-state index contributed by atoms with van der Waals surface area (Å²) in [7, 11) is 0. The first-order valence-corrected chi connectivity index (χ1v) is 7.95. The molecule has 0 unspecified atom stereocenters. The van der Waals surface area contributed by atoms with E-state index in [9.17, 15) is 0 Å². The SMILES string of the molecule is CCn1c(CC(C)=CCCNC(C)C)nc2ccccc21.